The first-order chi connectivity index (χ1) is 9.56. The molecule has 0 radical (unpaired) electrons. The molecule has 104 valence electrons. The van der Waals surface area contributed by atoms with Crippen molar-refractivity contribution in [2.45, 2.75) is 5.16 Å². The Morgan fingerprint density at radius 1 is 1.10 bits per heavy atom. The average Bonchev–Trinajstić information content (AvgIpc) is 2.44. The van der Waals surface area contributed by atoms with Crippen LogP contribution in [-0.4, -0.2) is 21.6 Å². The van der Waals surface area contributed by atoms with Gasteiger partial charge in [-0.1, -0.05) is 46.6 Å². The van der Waals surface area contributed by atoms with Crippen molar-refractivity contribution in [1.82, 2.24) is 9.97 Å². The van der Waals surface area contributed by atoms with Crippen LogP contribution in [0.5, 0.6) is 0 Å². The first kappa shape index (κ1) is 15.4. The van der Waals surface area contributed by atoms with Gasteiger partial charge in [-0.15, -0.1) is 0 Å². The van der Waals surface area contributed by atoms with Gasteiger partial charge in [-0.05, 0) is 18.2 Å². The number of carbonyl (C=O) groups excluding carboxylic acids is 1. The van der Waals surface area contributed by atoms with Gasteiger partial charge in [0.15, 0.2) is 5.16 Å². The van der Waals surface area contributed by atoms with Crippen LogP contribution >= 0.6 is 46.6 Å². The number of hydrogen-bond acceptors (Lipinski definition) is 4. The molecular weight excluding hydrogens is 341 g/mol. The van der Waals surface area contributed by atoms with E-state index >= 15 is 0 Å². The second-order valence-corrected chi connectivity index (χ2v) is 5.78. The summed E-state index contributed by atoms with van der Waals surface area (Å²) >= 11 is 18.9. The van der Waals surface area contributed by atoms with Crippen LogP contribution in [0.15, 0.2) is 35.7 Å². The van der Waals surface area contributed by atoms with Gasteiger partial charge in [0.05, 0.1) is 26.5 Å². The Kier molecular flexibility index (Phi) is 5.48. The Labute approximate surface area is 134 Å². The number of aromatic nitrogens is 2. The standard InChI is InChI=1S/C12H8Cl3N3OS/c13-7-4-9(15)10(5-8(7)14)18-11(19)6-20-12-16-2-1-3-17-12/h1-5H,6H2,(H,18,19). The topological polar surface area (TPSA) is 54.9 Å². The average molecular weight is 349 g/mol. The third-order valence-corrected chi connectivity index (χ3v) is 4.07. The predicted octanol–water partition coefficient (Wildman–Crippen LogP) is 4.17. The molecule has 1 aromatic carbocycles. The first-order valence-electron chi connectivity index (χ1n) is 5.40. The molecule has 20 heavy (non-hydrogen) atoms. The first-order valence-corrected chi connectivity index (χ1v) is 7.52. The summed E-state index contributed by atoms with van der Waals surface area (Å²) in [6, 6.07) is 4.70. The number of amides is 1. The van der Waals surface area contributed by atoms with E-state index in [0.29, 0.717) is 25.9 Å². The number of hydrogen-bond donors (Lipinski definition) is 1. The fourth-order valence-corrected chi connectivity index (χ4v) is 2.49. The highest BCUT2D eigenvalue weighted by Crippen LogP contribution is 2.32. The fraction of sp³-hybridized carbons (Fsp3) is 0.0833. The third kappa shape index (κ3) is 4.24. The number of rotatable bonds is 4. The molecule has 0 saturated carbocycles. The molecule has 0 aliphatic carbocycles. The molecule has 0 atom stereocenters. The summed E-state index contributed by atoms with van der Waals surface area (Å²) in [5, 5.41) is 4.18. The molecule has 2 rings (SSSR count). The Balaban J connectivity index is 1.97. The van der Waals surface area contributed by atoms with E-state index in [1.807, 2.05) is 0 Å². The smallest absolute Gasteiger partial charge is 0.234 e. The van der Waals surface area contributed by atoms with Crippen LogP contribution in [-0.2, 0) is 4.79 Å². The minimum absolute atomic E-state index is 0.167. The number of nitrogens with one attached hydrogen (secondary N) is 1. The zero-order chi connectivity index (χ0) is 14.5. The van der Waals surface area contributed by atoms with E-state index in [1.54, 1.807) is 18.5 Å². The molecule has 2 aromatic rings. The molecule has 0 aliphatic heterocycles. The number of benzene rings is 1. The van der Waals surface area contributed by atoms with Gasteiger partial charge in [0, 0.05) is 12.4 Å². The van der Waals surface area contributed by atoms with Crippen LogP contribution in [0.4, 0.5) is 5.69 Å². The molecule has 8 heteroatoms. The predicted molar refractivity (Wildman–Crippen MR) is 82.9 cm³/mol. The van der Waals surface area contributed by atoms with E-state index in [0.717, 1.165) is 0 Å². The van der Waals surface area contributed by atoms with Gasteiger partial charge in [0.2, 0.25) is 5.91 Å². The number of carbonyl (C=O) groups is 1. The summed E-state index contributed by atoms with van der Waals surface area (Å²) in [6.45, 7) is 0. The van der Waals surface area contributed by atoms with Gasteiger partial charge in [0.25, 0.3) is 0 Å². The summed E-state index contributed by atoms with van der Waals surface area (Å²) in [6.07, 6.45) is 3.23. The number of thioether (sulfide) groups is 1. The Bertz CT molecular complexity index is 625. The van der Waals surface area contributed by atoms with Crippen molar-refractivity contribution in [2.24, 2.45) is 0 Å². The number of nitrogens with zero attached hydrogens (tertiary/aromatic N) is 2. The summed E-state index contributed by atoms with van der Waals surface area (Å²) in [5.74, 6) is -0.0663. The molecule has 0 saturated heterocycles. The van der Waals surface area contributed by atoms with Crippen molar-refractivity contribution >= 4 is 58.2 Å². The SMILES string of the molecule is O=C(CSc1ncccn1)Nc1cc(Cl)c(Cl)cc1Cl. The highest BCUT2D eigenvalue weighted by molar-refractivity contribution is 7.99. The maximum absolute atomic E-state index is 11.8. The molecule has 0 aliphatic rings. The molecule has 4 nitrogen and oxygen atoms in total. The molecule has 0 bridgehead atoms. The van der Waals surface area contributed by atoms with Crippen LogP contribution in [0.2, 0.25) is 15.1 Å². The van der Waals surface area contributed by atoms with Crippen molar-refractivity contribution in [2.75, 3.05) is 11.1 Å². The van der Waals surface area contributed by atoms with Crippen LogP contribution in [0, 0.1) is 0 Å². The van der Waals surface area contributed by atoms with Crippen LogP contribution in [0.1, 0.15) is 0 Å². The van der Waals surface area contributed by atoms with Crippen LogP contribution in [0.3, 0.4) is 0 Å². The maximum Gasteiger partial charge on any atom is 0.234 e. The van der Waals surface area contributed by atoms with Crippen LogP contribution in [0.25, 0.3) is 0 Å². The lowest BCUT2D eigenvalue weighted by atomic mass is 10.3. The molecule has 1 amide bonds. The molecule has 0 fully saturated rings. The summed E-state index contributed by atoms with van der Waals surface area (Å²) in [7, 11) is 0. The van der Waals surface area contributed by atoms with Crippen molar-refractivity contribution in [3.05, 3.63) is 45.7 Å². The Morgan fingerprint density at radius 3 is 2.45 bits per heavy atom. The molecule has 1 N–H and O–H groups in total. The lowest BCUT2D eigenvalue weighted by Gasteiger charge is -2.08. The second kappa shape index (κ2) is 7.13. The lowest BCUT2D eigenvalue weighted by molar-refractivity contribution is -0.113. The van der Waals surface area contributed by atoms with Gasteiger partial charge in [-0.25, -0.2) is 9.97 Å². The monoisotopic (exact) mass is 347 g/mol. The second-order valence-electron chi connectivity index (χ2n) is 3.61. The van der Waals surface area contributed by atoms with E-state index in [-0.39, 0.29) is 11.7 Å². The van der Waals surface area contributed by atoms with Crippen molar-refractivity contribution in [3.8, 4) is 0 Å². The molecule has 0 unspecified atom stereocenters. The molecule has 0 spiro atoms. The molecule has 1 heterocycles. The van der Waals surface area contributed by atoms with Crippen molar-refractivity contribution in [1.29, 1.82) is 0 Å². The summed E-state index contributed by atoms with van der Waals surface area (Å²) < 4.78 is 0. The van der Waals surface area contributed by atoms with E-state index in [4.69, 9.17) is 34.8 Å². The summed E-state index contributed by atoms with van der Waals surface area (Å²) in [5.41, 5.74) is 0.417. The maximum atomic E-state index is 11.8. The van der Waals surface area contributed by atoms with Crippen LogP contribution < -0.4 is 5.32 Å². The summed E-state index contributed by atoms with van der Waals surface area (Å²) in [4.78, 5) is 19.8. The largest absolute Gasteiger partial charge is 0.324 e. The minimum atomic E-state index is -0.234. The lowest BCUT2D eigenvalue weighted by Crippen LogP contribution is -2.14. The zero-order valence-electron chi connectivity index (χ0n) is 9.94. The minimum Gasteiger partial charge on any atom is -0.324 e. The Morgan fingerprint density at radius 2 is 1.75 bits per heavy atom. The van der Waals surface area contributed by atoms with Gasteiger partial charge in [-0.2, -0.15) is 0 Å². The molecular formula is C12H8Cl3N3OS. The molecule has 1 aromatic heterocycles. The van der Waals surface area contributed by atoms with Crippen molar-refractivity contribution in [3.63, 3.8) is 0 Å². The van der Waals surface area contributed by atoms with E-state index < -0.39 is 0 Å². The van der Waals surface area contributed by atoms with Gasteiger partial charge < -0.3 is 5.32 Å². The highest BCUT2D eigenvalue weighted by atomic mass is 35.5. The van der Waals surface area contributed by atoms with Crippen molar-refractivity contribution < 1.29 is 4.79 Å². The highest BCUT2D eigenvalue weighted by Gasteiger charge is 2.10. The third-order valence-electron chi connectivity index (χ3n) is 2.16. The normalized spacial score (nSPS) is 10.3. The number of halogens is 3. The van der Waals surface area contributed by atoms with Gasteiger partial charge >= 0.3 is 0 Å². The quantitative estimate of drug-likeness (QED) is 0.512. The van der Waals surface area contributed by atoms with E-state index in [9.17, 15) is 4.79 Å². The van der Waals surface area contributed by atoms with Gasteiger partial charge in [-0.3, -0.25) is 4.79 Å². The number of anilines is 1. The van der Waals surface area contributed by atoms with E-state index in [2.05, 4.69) is 15.3 Å². The van der Waals surface area contributed by atoms with Gasteiger partial charge in [0.1, 0.15) is 0 Å². The fourth-order valence-electron chi connectivity index (χ4n) is 1.29. The Hall–Kier alpha value is -1.01. The zero-order valence-corrected chi connectivity index (χ0v) is 13.0. The van der Waals surface area contributed by atoms with E-state index in [1.165, 1.54) is 23.9 Å².